The number of fused-ring (bicyclic) bond motifs is 1. The second-order valence-electron chi connectivity index (χ2n) is 4.69. The van der Waals surface area contributed by atoms with Crippen molar-refractivity contribution < 1.29 is 18.3 Å². The maximum atomic E-state index is 12.6. The van der Waals surface area contributed by atoms with E-state index in [0.29, 0.717) is 11.1 Å². The molecule has 0 aliphatic carbocycles. The Kier molecular flexibility index (Phi) is 4.07. The van der Waals surface area contributed by atoms with Crippen molar-refractivity contribution in [3.8, 4) is 0 Å². The fourth-order valence-corrected chi connectivity index (χ4v) is 4.07. The molecule has 0 saturated heterocycles. The summed E-state index contributed by atoms with van der Waals surface area (Å²) < 4.78 is 35.4. The van der Waals surface area contributed by atoms with Crippen LogP contribution < -0.4 is 4.72 Å². The van der Waals surface area contributed by atoms with Crippen molar-refractivity contribution in [1.82, 2.24) is 13.5 Å². The van der Waals surface area contributed by atoms with Gasteiger partial charge in [0.25, 0.3) is 0 Å². The average Bonchev–Trinajstić information content (AvgIpc) is 3.01. The van der Waals surface area contributed by atoms with Crippen LogP contribution >= 0.6 is 11.7 Å². The molecule has 1 atom stereocenters. The first-order chi connectivity index (χ1) is 11.0. The third kappa shape index (κ3) is 3.07. The lowest BCUT2D eigenvalue weighted by Crippen LogP contribution is -2.33. The fraction of sp³-hybridized carbons (Fsp3) is 0.0714. The van der Waals surface area contributed by atoms with Gasteiger partial charge in [0.1, 0.15) is 22.0 Å². The van der Waals surface area contributed by atoms with E-state index >= 15 is 0 Å². The van der Waals surface area contributed by atoms with Gasteiger partial charge in [-0.05, 0) is 17.7 Å². The first kappa shape index (κ1) is 15.5. The van der Waals surface area contributed by atoms with Crippen molar-refractivity contribution in [2.75, 3.05) is 0 Å². The largest absolute Gasteiger partial charge is 0.480 e. The topological polar surface area (TPSA) is 109 Å². The molecular weight excluding hydrogens is 338 g/mol. The highest BCUT2D eigenvalue weighted by Gasteiger charge is 2.28. The van der Waals surface area contributed by atoms with Gasteiger partial charge in [-0.15, -0.1) is 0 Å². The first-order valence-electron chi connectivity index (χ1n) is 6.50. The molecule has 1 heterocycles. The number of nitrogens with zero attached hydrogens (tertiary/aromatic N) is 2. The Balaban J connectivity index is 2.03. The van der Waals surface area contributed by atoms with Crippen LogP contribution in [0.5, 0.6) is 0 Å². The number of carbonyl (C=O) groups is 1. The Bertz CT molecular complexity index is 954. The molecule has 7 nitrogen and oxygen atoms in total. The summed E-state index contributed by atoms with van der Waals surface area (Å²) in [6.07, 6.45) is 0. The smallest absolute Gasteiger partial charge is 0.326 e. The number of sulfonamides is 1. The van der Waals surface area contributed by atoms with Gasteiger partial charge < -0.3 is 5.11 Å². The predicted octanol–water partition coefficient (Wildman–Crippen LogP) is 1.80. The lowest BCUT2D eigenvalue weighted by molar-refractivity contribution is -0.139. The van der Waals surface area contributed by atoms with Crippen LogP contribution in [-0.4, -0.2) is 28.2 Å². The third-order valence-electron chi connectivity index (χ3n) is 3.19. The maximum Gasteiger partial charge on any atom is 0.326 e. The van der Waals surface area contributed by atoms with E-state index < -0.39 is 22.0 Å². The summed E-state index contributed by atoms with van der Waals surface area (Å²) in [4.78, 5) is 11.4. The molecule has 1 aromatic heterocycles. The van der Waals surface area contributed by atoms with Gasteiger partial charge in [-0.3, -0.25) is 4.79 Å². The number of benzene rings is 2. The molecule has 0 amide bonds. The van der Waals surface area contributed by atoms with E-state index in [4.69, 9.17) is 0 Å². The second-order valence-corrected chi connectivity index (χ2v) is 6.90. The Morgan fingerprint density at radius 1 is 1.09 bits per heavy atom. The molecule has 2 N–H and O–H groups in total. The summed E-state index contributed by atoms with van der Waals surface area (Å²) >= 11 is 0.896. The van der Waals surface area contributed by atoms with Gasteiger partial charge in [0, 0.05) is 0 Å². The highest BCUT2D eigenvalue weighted by Crippen LogP contribution is 2.23. The number of aromatic nitrogens is 2. The van der Waals surface area contributed by atoms with E-state index in [2.05, 4.69) is 13.5 Å². The third-order valence-corrected chi connectivity index (χ3v) is 5.19. The van der Waals surface area contributed by atoms with Gasteiger partial charge in [0.05, 0.1) is 11.7 Å². The van der Waals surface area contributed by atoms with Crippen LogP contribution in [0, 0.1) is 0 Å². The molecule has 0 radical (unpaired) electrons. The number of hydrogen-bond acceptors (Lipinski definition) is 6. The summed E-state index contributed by atoms with van der Waals surface area (Å²) in [5.41, 5.74) is 1.01. The van der Waals surface area contributed by atoms with Crippen molar-refractivity contribution in [1.29, 1.82) is 0 Å². The van der Waals surface area contributed by atoms with Crippen LogP contribution in [0.4, 0.5) is 0 Å². The molecule has 2 aromatic carbocycles. The summed E-state index contributed by atoms with van der Waals surface area (Å²) in [5.74, 6) is -1.29. The molecule has 0 unspecified atom stereocenters. The van der Waals surface area contributed by atoms with Crippen molar-refractivity contribution in [3.63, 3.8) is 0 Å². The van der Waals surface area contributed by atoms with Crippen LogP contribution in [0.25, 0.3) is 11.0 Å². The summed E-state index contributed by atoms with van der Waals surface area (Å²) in [7, 11) is -4.08. The molecule has 3 aromatic rings. The molecule has 9 heteroatoms. The maximum absolute atomic E-state index is 12.6. The molecule has 23 heavy (non-hydrogen) atoms. The fourth-order valence-electron chi connectivity index (χ4n) is 2.12. The van der Waals surface area contributed by atoms with Gasteiger partial charge in [-0.25, -0.2) is 8.42 Å². The highest BCUT2D eigenvalue weighted by atomic mass is 32.2. The van der Waals surface area contributed by atoms with E-state index in [1.807, 2.05) is 0 Å². The number of carboxylic acid groups (broad SMARTS) is 1. The zero-order valence-electron chi connectivity index (χ0n) is 11.6. The minimum Gasteiger partial charge on any atom is -0.480 e. The van der Waals surface area contributed by atoms with Crippen molar-refractivity contribution in [2.45, 2.75) is 10.9 Å². The van der Waals surface area contributed by atoms with Gasteiger partial charge in [0.15, 0.2) is 0 Å². The van der Waals surface area contributed by atoms with Gasteiger partial charge >= 0.3 is 5.97 Å². The number of rotatable bonds is 5. The number of hydrogen-bond donors (Lipinski definition) is 2. The minimum absolute atomic E-state index is 0.0917. The van der Waals surface area contributed by atoms with Crippen LogP contribution in [0.1, 0.15) is 11.6 Å². The van der Waals surface area contributed by atoms with Crippen LogP contribution in [0.2, 0.25) is 0 Å². The minimum atomic E-state index is -4.08. The molecule has 0 bridgehead atoms. The van der Waals surface area contributed by atoms with Crippen LogP contribution in [-0.2, 0) is 14.8 Å². The van der Waals surface area contributed by atoms with E-state index in [0.717, 1.165) is 11.7 Å². The quantitative estimate of drug-likeness (QED) is 0.727. The molecule has 0 saturated carbocycles. The predicted molar refractivity (Wildman–Crippen MR) is 84.6 cm³/mol. The number of nitrogens with one attached hydrogen (secondary N) is 1. The highest BCUT2D eigenvalue weighted by molar-refractivity contribution is 7.89. The summed E-state index contributed by atoms with van der Waals surface area (Å²) in [6, 6.07) is 11.3. The van der Waals surface area contributed by atoms with E-state index in [1.165, 1.54) is 12.1 Å². The SMILES string of the molecule is O=C(O)[C@@H](NS(=O)(=O)c1cccc2nsnc12)c1ccccc1. The lowest BCUT2D eigenvalue weighted by Gasteiger charge is -2.15. The van der Waals surface area contributed by atoms with Crippen LogP contribution in [0.15, 0.2) is 53.4 Å². The second kappa shape index (κ2) is 6.03. The van der Waals surface area contributed by atoms with Crippen molar-refractivity contribution in [3.05, 3.63) is 54.1 Å². The van der Waals surface area contributed by atoms with Gasteiger partial charge in [0.2, 0.25) is 10.0 Å². The number of aliphatic carboxylic acids is 1. The Labute approximate surface area is 136 Å². The zero-order valence-corrected chi connectivity index (χ0v) is 13.2. The molecule has 0 aliphatic rings. The van der Waals surface area contributed by atoms with E-state index in [1.54, 1.807) is 36.4 Å². The van der Waals surface area contributed by atoms with Crippen LogP contribution in [0.3, 0.4) is 0 Å². The van der Waals surface area contributed by atoms with E-state index in [9.17, 15) is 18.3 Å². The number of carboxylic acids is 1. The normalized spacial score (nSPS) is 13.0. The van der Waals surface area contributed by atoms with Crippen molar-refractivity contribution in [2.24, 2.45) is 0 Å². The molecule has 0 spiro atoms. The molecular formula is C14H11N3O4S2. The van der Waals surface area contributed by atoms with Gasteiger partial charge in [-0.1, -0.05) is 36.4 Å². The molecule has 118 valence electrons. The Hall–Kier alpha value is -2.36. The first-order valence-corrected chi connectivity index (χ1v) is 8.72. The summed E-state index contributed by atoms with van der Waals surface area (Å²) in [6.45, 7) is 0. The lowest BCUT2D eigenvalue weighted by atomic mass is 10.1. The molecule has 0 aliphatic heterocycles. The Morgan fingerprint density at radius 2 is 1.83 bits per heavy atom. The monoisotopic (exact) mass is 349 g/mol. The standard InChI is InChI=1S/C14H11N3O4S2/c18-14(19)12(9-5-2-1-3-6-9)17-23(20,21)11-8-4-7-10-13(11)16-22-15-10/h1-8,12,17H,(H,18,19)/t12-/m0/s1. The zero-order chi connectivity index (χ0) is 16.4. The van der Waals surface area contributed by atoms with E-state index in [-0.39, 0.29) is 10.4 Å². The molecule has 0 fully saturated rings. The Morgan fingerprint density at radius 3 is 2.52 bits per heavy atom. The van der Waals surface area contributed by atoms with Crippen molar-refractivity contribution >= 4 is 38.8 Å². The average molecular weight is 349 g/mol. The molecule has 3 rings (SSSR count). The van der Waals surface area contributed by atoms with Gasteiger partial charge in [-0.2, -0.15) is 13.5 Å². The summed E-state index contributed by atoms with van der Waals surface area (Å²) in [5, 5.41) is 9.36.